The Hall–Kier alpha value is -2.04. The molecule has 0 fully saturated rings. The molecular weight excluding hydrogens is 246 g/mol. The summed E-state index contributed by atoms with van der Waals surface area (Å²) in [6.45, 7) is 5.79. The van der Waals surface area contributed by atoms with Gasteiger partial charge in [-0.2, -0.15) is 0 Å². The lowest BCUT2D eigenvalue weighted by Gasteiger charge is -2.35. The maximum absolute atomic E-state index is 11.7. The van der Waals surface area contributed by atoms with Crippen LogP contribution in [0.2, 0.25) is 0 Å². The number of carbonyl (C=O) groups is 2. The molecule has 1 unspecified atom stereocenters. The Bertz CT molecular complexity index is 461. The zero-order valence-corrected chi connectivity index (χ0v) is 11.4. The number of likely N-dealkylation sites (N-methyl/N-ethyl adjacent to an activating group) is 1. The van der Waals surface area contributed by atoms with Gasteiger partial charge in [-0.15, -0.1) is 0 Å². The van der Waals surface area contributed by atoms with Crippen molar-refractivity contribution in [2.75, 3.05) is 13.2 Å². The van der Waals surface area contributed by atoms with Crippen LogP contribution >= 0.6 is 0 Å². The van der Waals surface area contributed by atoms with Gasteiger partial charge < -0.3 is 14.7 Å². The third-order valence-corrected chi connectivity index (χ3v) is 3.17. The van der Waals surface area contributed by atoms with Crippen LogP contribution in [0.25, 0.3) is 0 Å². The maximum Gasteiger partial charge on any atom is 0.334 e. The summed E-state index contributed by atoms with van der Waals surface area (Å²) in [6, 6.07) is 6.88. The normalized spacial score (nSPS) is 13.4. The van der Waals surface area contributed by atoms with E-state index in [9.17, 15) is 14.7 Å². The van der Waals surface area contributed by atoms with Crippen molar-refractivity contribution in [3.05, 3.63) is 29.8 Å². The molecule has 5 nitrogen and oxygen atoms in total. The highest BCUT2D eigenvalue weighted by Gasteiger charge is 2.42. The Kier molecular flexibility index (Phi) is 4.92. The third-order valence-electron chi connectivity index (χ3n) is 3.17. The van der Waals surface area contributed by atoms with Crippen LogP contribution in [-0.4, -0.2) is 35.5 Å². The van der Waals surface area contributed by atoms with Gasteiger partial charge >= 0.3 is 5.97 Å². The van der Waals surface area contributed by atoms with Crippen LogP contribution in [0.1, 0.15) is 26.3 Å². The molecule has 0 aliphatic heterocycles. The quantitative estimate of drug-likeness (QED) is 0.764. The SMILES string of the molecule is CCOc1ccccc1C(C)(C(=O)O)N(C=O)CC. The number of nitrogens with zero attached hydrogens (tertiary/aromatic N) is 1. The molecule has 0 heterocycles. The first-order chi connectivity index (χ1) is 9.02. The molecule has 1 rings (SSSR count). The summed E-state index contributed by atoms with van der Waals surface area (Å²) in [5.41, 5.74) is -0.972. The Morgan fingerprint density at radius 1 is 1.42 bits per heavy atom. The van der Waals surface area contributed by atoms with E-state index in [2.05, 4.69) is 0 Å². The minimum Gasteiger partial charge on any atom is -0.493 e. The van der Waals surface area contributed by atoms with E-state index in [-0.39, 0.29) is 0 Å². The van der Waals surface area contributed by atoms with Gasteiger partial charge in [0.05, 0.1) is 6.61 Å². The van der Waals surface area contributed by atoms with Gasteiger partial charge in [0.25, 0.3) is 0 Å². The van der Waals surface area contributed by atoms with Crippen LogP contribution in [0.4, 0.5) is 0 Å². The van der Waals surface area contributed by atoms with Crippen LogP contribution in [0.15, 0.2) is 24.3 Å². The molecule has 1 aromatic carbocycles. The molecule has 1 aromatic rings. The number of carboxylic acids is 1. The Labute approximate surface area is 112 Å². The average Bonchev–Trinajstić information content (AvgIpc) is 2.40. The molecule has 0 aliphatic carbocycles. The smallest absolute Gasteiger partial charge is 0.334 e. The fourth-order valence-electron chi connectivity index (χ4n) is 2.04. The fraction of sp³-hybridized carbons (Fsp3) is 0.429. The summed E-state index contributed by atoms with van der Waals surface area (Å²) < 4.78 is 5.47. The Morgan fingerprint density at radius 3 is 2.53 bits per heavy atom. The zero-order chi connectivity index (χ0) is 14.5. The molecule has 0 aromatic heterocycles. The van der Waals surface area contributed by atoms with E-state index in [4.69, 9.17) is 4.74 Å². The van der Waals surface area contributed by atoms with Crippen molar-refractivity contribution in [1.29, 1.82) is 0 Å². The van der Waals surface area contributed by atoms with Gasteiger partial charge in [0.15, 0.2) is 5.54 Å². The van der Waals surface area contributed by atoms with Crippen LogP contribution in [-0.2, 0) is 15.1 Å². The highest BCUT2D eigenvalue weighted by atomic mass is 16.5. The van der Waals surface area contributed by atoms with Gasteiger partial charge in [0, 0.05) is 12.1 Å². The molecule has 1 atom stereocenters. The molecule has 0 bridgehead atoms. The minimum atomic E-state index is -1.44. The van der Waals surface area contributed by atoms with Crippen LogP contribution < -0.4 is 4.74 Å². The molecule has 0 saturated carbocycles. The summed E-state index contributed by atoms with van der Waals surface area (Å²) in [5, 5.41) is 9.56. The van der Waals surface area contributed by atoms with Crippen molar-refractivity contribution in [2.24, 2.45) is 0 Å². The highest BCUT2D eigenvalue weighted by Crippen LogP contribution is 2.34. The van der Waals surface area contributed by atoms with E-state index in [1.807, 2.05) is 6.92 Å². The highest BCUT2D eigenvalue weighted by molar-refractivity contribution is 5.83. The second-order valence-electron chi connectivity index (χ2n) is 4.20. The number of rotatable bonds is 7. The summed E-state index contributed by atoms with van der Waals surface area (Å²) in [4.78, 5) is 24.1. The number of aliphatic carboxylic acids is 1. The van der Waals surface area contributed by atoms with Crippen molar-refractivity contribution < 1.29 is 19.4 Å². The second-order valence-corrected chi connectivity index (χ2v) is 4.20. The number of amides is 1. The number of benzene rings is 1. The van der Waals surface area contributed by atoms with Crippen LogP contribution in [0, 0.1) is 0 Å². The molecule has 1 N–H and O–H groups in total. The lowest BCUT2D eigenvalue weighted by atomic mass is 9.89. The molecule has 0 spiro atoms. The van der Waals surface area contributed by atoms with Crippen molar-refractivity contribution in [2.45, 2.75) is 26.3 Å². The van der Waals surface area contributed by atoms with Crippen LogP contribution in [0.5, 0.6) is 5.75 Å². The van der Waals surface area contributed by atoms with E-state index < -0.39 is 11.5 Å². The number of carboxylic acid groups (broad SMARTS) is 1. The van der Waals surface area contributed by atoms with Crippen molar-refractivity contribution >= 4 is 12.4 Å². The molecule has 19 heavy (non-hydrogen) atoms. The summed E-state index contributed by atoms with van der Waals surface area (Å²) in [7, 11) is 0. The standard InChI is InChI=1S/C14H19NO4/c1-4-15(10-16)14(3,13(17)18)11-8-6-7-9-12(11)19-5-2/h6-10H,4-5H2,1-3H3,(H,17,18). The molecular formula is C14H19NO4. The summed E-state index contributed by atoms with van der Waals surface area (Å²) >= 11 is 0. The number of carbonyl (C=O) groups excluding carboxylic acids is 1. The first-order valence-electron chi connectivity index (χ1n) is 6.20. The number of hydrogen-bond donors (Lipinski definition) is 1. The molecule has 104 valence electrons. The van der Waals surface area contributed by atoms with Gasteiger partial charge in [-0.05, 0) is 26.8 Å². The molecule has 5 heteroatoms. The molecule has 0 saturated heterocycles. The van der Waals surface area contributed by atoms with Crippen molar-refractivity contribution in [3.8, 4) is 5.75 Å². The topological polar surface area (TPSA) is 66.8 Å². The van der Waals surface area contributed by atoms with E-state index >= 15 is 0 Å². The average molecular weight is 265 g/mol. The van der Waals surface area contributed by atoms with E-state index in [1.165, 1.54) is 11.8 Å². The first kappa shape index (κ1) is 15.0. The molecule has 1 amide bonds. The Balaban J connectivity index is 3.41. The summed E-state index contributed by atoms with van der Waals surface area (Å²) in [6.07, 6.45) is 0.552. The van der Waals surface area contributed by atoms with Gasteiger partial charge in [-0.1, -0.05) is 18.2 Å². The molecule has 0 radical (unpaired) electrons. The van der Waals surface area contributed by atoms with Gasteiger partial charge in [-0.3, -0.25) is 4.79 Å². The lowest BCUT2D eigenvalue weighted by Crippen LogP contribution is -2.49. The maximum atomic E-state index is 11.7. The van der Waals surface area contributed by atoms with Gasteiger partial charge in [0.2, 0.25) is 6.41 Å². The van der Waals surface area contributed by atoms with E-state index in [1.54, 1.807) is 31.2 Å². The van der Waals surface area contributed by atoms with E-state index in [0.29, 0.717) is 30.9 Å². The largest absolute Gasteiger partial charge is 0.493 e. The lowest BCUT2D eigenvalue weighted by molar-refractivity contribution is -0.154. The predicted molar refractivity (Wildman–Crippen MR) is 71.0 cm³/mol. The van der Waals surface area contributed by atoms with Crippen LogP contribution in [0.3, 0.4) is 0 Å². The third kappa shape index (κ3) is 2.70. The fourth-order valence-corrected chi connectivity index (χ4v) is 2.04. The number of para-hydroxylation sites is 1. The van der Waals surface area contributed by atoms with Gasteiger partial charge in [-0.25, -0.2) is 4.79 Å². The second kappa shape index (κ2) is 6.22. The first-order valence-corrected chi connectivity index (χ1v) is 6.20. The minimum absolute atomic E-state index is 0.298. The monoisotopic (exact) mass is 265 g/mol. The van der Waals surface area contributed by atoms with E-state index in [0.717, 1.165) is 0 Å². The van der Waals surface area contributed by atoms with Crippen molar-refractivity contribution in [3.63, 3.8) is 0 Å². The predicted octanol–water partition coefficient (Wildman–Crippen LogP) is 1.86. The zero-order valence-electron chi connectivity index (χ0n) is 11.4. The Morgan fingerprint density at radius 2 is 2.05 bits per heavy atom. The molecule has 0 aliphatic rings. The van der Waals surface area contributed by atoms with Crippen molar-refractivity contribution in [1.82, 2.24) is 4.90 Å². The van der Waals surface area contributed by atoms with Gasteiger partial charge in [0.1, 0.15) is 5.75 Å². The number of hydrogen-bond acceptors (Lipinski definition) is 3. The summed E-state index contributed by atoms with van der Waals surface area (Å²) in [5.74, 6) is -0.608. The number of ether oxygens (including phenoxy) is 1.